The lowest BCUT2D eigenvalue weighted by Gasteiger charge is -1.93. The first-order valence-corrected chi connectivity index (χ1v) is 3.96. The fourth-order valence-electron chi connectivity index (χ4n) is 0.907. The standard InChI is InChI=1S/C11H13N/c1-2-3-4-5-10-6-8-11(12)9-7-10/h2,4-9H,1,3,12H2. The highest BCUT2D eigenvalue weighted by atomic mass is 14.5. The first kappa shape index (κ1) is 8.60. The van der Waals surface area contributed by atoms with Gasteiger partial charge in [0.15, 0.2) is 0 Å². The molecule has 1 heteroatoms. The van der Waals surface area contributed by atoms with Crippen LogP contribution in [0.4, 0.5) is 5.69 Å². The number of allylic oxidation sites excluding steroid dienone is 2. The summed E-state index contributed by atoms with van der Waals surface area (Å²) in [7, 11) is 0. The molecule has 2 N–H and O–H groups in total. The van der Waals surface area contributed by atoms with Crippen LogP contribution in [0.1, 0.15) is 12.0 Å². The Morgan fingerprint density at radius 3 is 2.50 bits per heavy atom. The van der Waals surface area contributed by atoms with Crippen LogP contribution in [0.25, 0.3) is 6.08 Å². The Kier molecular flexibility index (Phi) is 3.15. The Labute approximate surface area is 73.2 Å². The summed E-state index contributed by atoms with van der Waals surface area (Å²) in [6.45, 7) is 3.63. The van der Waals surface area contributed by atoms with E-state index in [9.17, 15) is 0 Å². The van der Waals surface area contributed by atoms with Crippen molar-refractivity contribution in [1.29, 1.82) is 0 Å². The molecule has 0 bridgehead atoms. The van der Waals surface area contributed by atoms with E-state index in [0.29, 0.717) is 0 Å². The first-order valence-electron chi connectivity index (χ1n) is 3.96. The number of benzene rings is 1. The second-order valence-corrected chi connectivity index (χ2v) is 2.59. The molecule has 0 aliphatic heterocycles. The van der Waals surface area contributed by atoms with Crippen LogP contribution in [0.2, 0.25) is 0 Å². The molecule has 12 heavy (non-hydrogen) atoms. The molecule has 0 aliphatic rings. The van der Waals surface area contributed by atoms with Gasteiger partial charge in [0.25, 0.3) is 0 Å². The Morgan fingerprint density at radius 1 is 1.25 bits per heavy atom. The minimum absolute atomic E-state index is 0.802. The summed E-state index contributed by atoms with van der Waals surface area (Å²) < 4.78 is 0. The van der Waals surface area contributed by atoms with Gasteiger partial charge in [-0.15, -0.1) is 6.58 Å². The SMILES string of the molecule is C=CCC=Cc1ccc(N)cc1. The maximum Gasteiger partial charge on any atom is 0.0314 e. The number of rotatable bonds is 3. The van der Waals surface area contributed by atoms with Crippen molar-refractivity contribution < 1.29 is 0 Å². The van der Waals surface area contributed by atoms with Crippen molar-refractivity contribution in [3.8, 4) is 0 Å². The van der Waals surface area contributed by atoms with E-state index in [2.05, 4.69) is 18.7 Å². The molecule has 1 aromatic carbocycles. The Bertz CT molecular complexity index is 270. The third-order valence-corrected chi connectivity index (χ3v) is 1.55. The lowest BCUT2D eigenvalue weighted by molar-refractivity contribution is 1.42. The van der Waals surface area contributed by atoms with Crippen molar-refractivity contribution in [3.05, 3.63) is 48.6 Å². The molecule has 0 aliphatic carbocycles. The van der Waals surface area contributed by atoms with E-state index >= 15 is 0 Å². The van der Waals surface area contributed by atoms with Crippen molar-refractivity contribution in [3.63, 3.8) is 0 Å². The quantitative estimate of drug-likeness (QED) is 0.532. The van der Waals surface area contributed by atoms with E-state index in [4.69, 9.17) is 5.73 Å². The summed E-state index contributed by atoms with van der Waals surface area (Å²) in [5.41, 5.74) is 7.52. The Balaban J connectivity index is 2.64. The van der Waals surface area contributed by atoms with Crippen molar-refractivity contribution >= 4 is 11.8 Å². The summed E-state index contributed by atoms with van der Waals surface area (Å²) in [4.78, 5) is 0. The van der Waals surface area contributed by atoms with Crippen molar-refractivity contribution in [2.24, 2.45) is 0 Å². The van der Waals surface area contributed by atoms with Crippen molar-refractivity contribution in [2.45, 2.75) is 6.42 Å². The minimum Gasteiger partial charge on any atom is -0.399 e. The van der Waals surface area contributed by atoms with Crippen molar-refractivity contribution in [1.82, 2.24) is 0 Å². The first-order chi connectivity index (χ1) is 5.83. The van der Waals surface area contributed by atoms with Crippen LogP contribution in [0.15, 0.2) is 43.0 Å². The molecule has 1 nitrogen and oxygen atoms in total. The van der Waals surface area contributed by atoms with Crippen LogP contribution < -0.4 is 5.73 Å². The maximum absolute atomic E-state index is 5.54. The fourth-order valence-corrected chi connectivity index (χ4v) is 0.907. The van der Waals surface area contributed by atoms with Crippen LogP contribution in [0, 0.1) is 0 Å². The lowest BCUT2D eigenvalue weighted by atomic mass is 10.2. The van der Waals surface area contributed by atoms with Gasteiger partial charge in [-0.2, -0.15) is 0 Å². The molecule has 0 fully saturated rings. The largest absolute Gasteiger partial charge is 0.399 e. The van der Waals surface area contributed by atoms with E-state index in [-0.39, 0.29) is 0 Å². The summed E-state index contributed by atoms with van der Waals surface area (Å²) in [5.74, 6) is 0. The average Bonchev–Trinajstić information content (AvgIpc) is 2.09. The van der Waals surface area contributed by atoms with Crippen molar-refractivity contribution in [2.75, 3.05) is 5.73 Å². The van der Waals surface area contributed by atoms with E-state index < -0.39 is 0 Å². The van der Waals surface area contributed by atoms with Gasteiger partial charge >= 0.3 is 0 Å². The summed E-state index contributed by atoms with van der Waals surface area (Å²) in [6, 6.07) is 7.78. The van der Waals surface area contributed by atoms with E-state index in [0.717, 1.165) is 12.1 Å². The zero-order valence-electron chi connectivity index (χ0n) is 7.03. The molecule has 0 unspecified atom stereocenters. The Morgan fingerprint density at radius 2 is 1.92 bits per heavy atom. The van der Waals surface area contributed by atoms with Gasteiger partial charge < -0.3 is 5.73 Å². The maximum atomic E-state index is 5.54. The average molecular weight is 159 g/mol. The molecular formula is C11H13N. The molecule has 1 aromatic rings. The normalized spacial score (nSPS) is 10.3. The topological polar surface area (TPSA) is 26.0 Å². The van der Waals surface area contributed by atoms with E-state index in [1.54, 1.807) is 0 Å². The summed E-state index contributed by atoms with van der Waals surface area (Å²) >= 11 is 0. The molecule has 0 spiro atoms. The molecule has 0 amide bonds. The van der Waals surface area contributed by atoms with Crippen LogP contribution >= 0.6 is 0 Å². The molecule has 0 heterocycles. The molecule has 0 radical (unpaired) electrons. The highest BCUT2D eigenvalue weighted by Gasteiger charge is 1.84. The molecule has 0 atom stereocenters. The molecule has 0 saturated carbocycles. The predicted octanol–water partition coefficient (Wildman–Crippen LogP) is 2.86. The van der Waals surface area contributed by atoms with Crippen LogP contribution in [0.3, 0.4) is 0 Å². The highest BCUT2D eigenvalue weighted by molar-refractivity contribution is 5.53. The lowest BCUT2D eigenvalue weighted by Crippen LogP contribution is -1.82. The zero-order valence-corrected chi connectivity index (χ0v) is 7.03. The van der Waals surface area contributed by atoms with Crippen LogP contribution in [-0.4, -0.2) is 0 Å². The molecular weight excluding hydrogens is 146 g/mol. The van der Waals surface area contributed by atoms with Gasteiger partial charge in [-0.05, 0) is 24.1 Å². The van der Waals surface area contributed by atoms with Gasteiger partial charge in [-0.1, -0.05) is 30.4 Å². The second-order valence-electron chi connectivity index (χ2n) is 2.59. The number of anilines is 1. The van der Waals surface area contributed by atoms with Crippen LogP contribution in [-0.2, 0) is 0 Å². The third kappa shape index (κ3) is 2.62. The van der Waals surface area contributed by atoms with Gasteiger partial charge in [0, 0.05) is 5.69 Å². The number of hydrogen-bond donors (Lipinski definition) is 1. The minimum atomic E-state index is 0.802. The number of nitrogen functional groups attached to an aromatic ring is 1. The molecule has 1 rings (SSSR count). The zero-order chi connectivity index (χ0) is 8.81. The van der Waals surface area contributed by atoms with E-state index in [1.807, 2.05) is 30.3 Å². The summed E-state index contributed by atoms with van der Waals surface area (Å²) in [5, 5.41) is 0. The van der Waals surface area contributed by atoms with Gasteiger partial charge in [0.05, 0.1) is 0 Å². The fraction of sp³-hybridized carbons (Fsp3) is 0.0909. The van der Waals surface area contributed by atoms with Gasteiger partial charge in [0.2, 0.25) is 0 Å². The monoisotopic (exact) mass is 159 g/mol. The third-order valence-electron chi connectivity index (χ3n) is 1.55. The van der Waals surface area contributed by atoms with Gasteiger partial charge in [-0.3, -0.25) is 0 Å². The summed E-state index contributed by atoms with van der Waals surface area (Å²) in [6.07, 6.45) is 6.90. The predicted molar refractivity (Wildman–Crippen MR) is 54.7 cm³/mol. The molecule has 0 saturated heterocycles. The van der Waals surface area contributed by atoms with Gasteiger partial charge in [0.1, 0.15) is 0 Å². The smallest absolute Gasteiger partial charge is 0.0314 e. The molecule has 62 valence electrons. The van der Waals surface area contributed by atoms with E-state index in [1.165, 1.54) is 5.56 Å². The second kappa shape index (κ2) is 4.39. The van der Waals surface area contributed by atoms with Gasteiger partial charge in [-0.25, -0.2) is 0 Å². The van der Waals surface area contributed by atoms with Crippen LogP contribution in [0.5, 0.6) is 0 Å². The Hall–Kier alpha value is -1.50. The number of nitrogens with two attached hydrogens (primary N) is 1. The number of hydrogen-bond acceptors (Lipinski definition) is 1. The molecule has 0 aromatic heterocycles. The highest BCUT2D eigenvalue weighted by Crippen LogP contribution is 2.07.